The van der Waals surface area contributed by atoms with Crippen molar-refractivity contribution in [2.45, 2.75) is 117 Å². The number of hydrogen-bond donors (Lipinski definition) is 1. The molecule has 0 atom stereocenters. The van der Waals surface area contributed by atoms with Gasteiger partial charge in [0.25, 0.3) is 0 Å². The molecule has 0 amide bonds. The van der Waals surface area contributed by atoms with Gasteiger partial charge in [0.05, 0.1) is 0 Å². The van der Waals surface area contributed by atoms with Gasteiger partial charge in [0.2, 0.25) is 0 Å². The maximum Gasteiger partial charge on any atom is 0.0481 e. The van der Waals surface area contributed by atoms with Gasteiger partial charge in [0.1, 0.15) is 0 Å². The molecule has 0 saturated carbocycles. The third kappa shape index (κ3) is 8.57. The zero-order valence-electron chi connectivity index (χ0n) is 25.0. The van der Waals surface area contributed by atoms with E-state index in [0.29, 0.717) is 0 Å². The molecule has 4 rings (SSSR count). The molecule has 0 radical (unpaired) electrons. The Bertz CT molecular complexity index is 1270. The fourth-order valence-corrected chi connectivity index (χ4v) is 9.19. The first kappa shape index (κ1) is 31.1. The standard InChI is InChI=1S/C36H49NS3/c1-4-7-10-13-16-27-23-24-38-35(27)32-26-30(18-15-12-9-6-3)36(40-32)33-25-29(17-14-11-8-5-2)34(39-33)28-19-21-31(37)22-20-28/h19-26H,4-18,37H2,1-3H3. The predicted octanol–water partition coefficient (Wildman–Crippen LogP) is 12.8. The van der Waals surface area contributed by atoms with E-state index in [-0.39, 0.29) is 0 Å². The van der Waals surface area contributed by atoms with E-state index in [1.54, 1.807) is 11.1 Å². The number of nitrogen functional groups attached to an aromatic ring is 1. The lowest BCUT2D eigenvalue weighted by molar-refractivity contribution is 0.667. The number of rotatable bonds is 18. The first-order valence-electron chi connectivity index (χ1n) is 15.8. The lowest BCUT2D eigenvalue weighted by atomic mass is 10.0. The highest BCUT2D eigenvalue weighted by Crippen LogP contribution is 2.47. The zero-order chi connectivity index (χ0) is 28.2. The van der Waals surface area contributed by atoms with Crippen LogP contribution in [0.1, 0.15) is 115 Å². The van der Waals surface area contributed by atoms with Crippen molar-refractivity contribution >= 4 is 39.7 Å². The largest absolute Gasteiger partial charge is 0.399 e. The van der Waals surface area contributed by atoms with E-state index in [0.717, 1.165) is 12.1 Å². The fourth-order valence-electron chi connectivity index (χ4n) is 5.52. The summed E-state index contributed by atoms with van der Waals surface area (Å²) in [5.41, 5.74) is 12.8. The topological polar surface area (TPSA) is 26.0 Å². The molecule has 0 aliphatic carbocycles. The summed E-state index contributed by atoms with van der Waals surface area (Å²) in [5.74, 6) is 0. The minimum atomic E-state index is 0.837. The SMILES string of the molecule is CCCCCCc1cc(-c2sc(-c3sccc3CCCCCC)cc2CCCCCC)sc1-c1ccc(N)cc1. The van der Waals surface area contributed by atoms with Crippen molar-refractivity contribution in [1.29, 1.82) is 0 Å². The van der Waals surface area contributed by atoms with Crippen molar-refractivity contribution < 1.29 is 0 Å². The van der Waals surface area contributed by atoms with Crippen LogP contribution >= 0.6 is 34.0 Å². The molecule has 2 N–H and O–H groups in total. The molecule has 0 aliphatic heterocycles. The fraction of sp³-hybridized carbons (Fsp3) is 0.500. The summed E-state index contributed by atoms with van der Waals surface area (Å²) in [6.07, 6.45) is 19.3. The Balaban J connectivity index is 1.68. The second-order valence-corrected chi connectivity index (χ2v) is 14.3. The highest BCUT2D eigenvalue weighted by Gasteiger charge is 2.19. The normalized spacial score (nSPS) is 11.5. The van der Waals surface area contributed by atoms with Gasteiger partial charge in [0, 0.05) is 30.1 Å². The number of benzene rings is 1. The summed E-state index contributed by atoms with van der Waals surface area (Å²) >= 11 is 5.98. The molecular weight excluding hydrogens is 543 g/mol. The van der Waals surface area contributed by atoms with Crippen molar-refractivity contribution in [3.05, 3.63) is 64.5 Å². The van der Waals surface area contributed by atoms with Gasteiger partial charge < -0.3 is 5.73 Å². The average Bonchev–Trinajstić information content (AvgIpc) is 3.70. The van der Waals surface area contributed by atoms with Gasteiger partial charge in [-0.1, -0.05) is 90.7 Å². The average molecular weight is 592 g/mol. The summed E-state index contributed by atoms with van der Waals surface area (Å²) < 4.78 is 0. The molecule has 4 aromatic rings. The summed E-state index contributed by atoms with van der Waals surface area (Å²) in [7, 11) is 0. The van der Waals surface area contributed by atoms with Crippen LogP contribution in [0.25, 0.3) is 29.9 Å². The van der Waals surface area contributed by atoms with Crippen LogP contribution in [-0.4, -0.2) is 0 Å². The van der Waals surface area contributed by atoms with E-state index >= 15 is 0 Å². The van der Waals surface area contributed by atoms with Gasteiger partial charge in [-0.2, -0.15) is 0 Å². The van der Waals surface area contributed by atoms with Gasteiger partial charge in [-0.05, 0) is 96.5 Å². The van der Waals surface area contributed by atoms with Gasteiger partial charge >= 0.3 is 0 Å². The second kappa shape index (κ2) is 16.5. The number of unbranched alkanes of at least 4 members (excludes halogenated alkanes) is 9. The number of nitrogens with two attached hydrogens (primary N) is 1. The van der Waals surface area contributed by atoms with Crippen LogP contribution in [0.5, 0.6) is 0 Å². The summed E-state index contributed by atoms with van der Waals surface area (Å²) in [6, 6.07) is 16.0. The minimum Gasteiger partial charge on any atom is -0.399 e. The molecule has 216 valence electrons. The van der Waals surface area contributed by atoms with Crippen molar-refractivity contribution in [3.8, 4) is 29.9 Å². The zero-order valence-corrected chi connectivity index (χ0v) is 27.5. The Kier molecular flexibility index (Phi) is 12.8. The highest BCUT2D eigenvalue weighted by atomic mass is 32.1. The molecule has 3 heterocycles. The van der Waals surface area contributed by atoms with Crippen LogP contribution in [-0.2, 0) is 19.3 Å². The van der Waals surface area contributed by atoms with E-state index in [4.69, 9.17) is 5.73 Å². The molecule has 0 saturated heterocycles. The smallest absolute Gasteiger partial charge is 0.0481 e. The number of aryl methyl sites for hydroxylation is 3. The molecule has 1 aromatic carbocycles. The van der Waals surface area contributed by atoms with Crippen LogP contribution in [0.2, 0.25) is 0 Å². The highest BCUT2D eigenvalue weighted by molar-refractivity contribution is 7.27. The summed E-state index contributed by atoms with van der Waals surface area (Å²) in [6.45, 7) is 6.90. The van der Waals surface area contributed by atoms with Crippen LogP contribution in [0.4, 0.5) is 5.69 Å². The lowest BCUT2D eigenvalue weighted by Crippen LogP contribution is -1.88. The third-order valence-corrected chi connectivity index (χ3v) is 11.6. The van der Waals surface area contributed by atoms with Gasteiger partial charge in [0.15, 0.2) is 0 Å². The summed E-state index contributed by atoms with van der Waals surface area (Å²) in [5, 5.41) is 2.31. The van der Waals surface area contributed by atoms with Crippen LogP contribution in [0, 0.1) is 0 Å². The van der Waals surface area contributed by atoms with Gasteiger partial charge in [-0.25, -0.2) is 0 Å². The minimum absolute atomic E-state index is 0.837. The van der Waals surface area contributed by atoms with E-state index in [2.05, 4.69) is 68.6 Å². The maximum absolute atomic E-state index is 6.05. The second-order valence-electron chi connectivity index (χ2n) is 11.3. The third-order valence-electron chi connectivity index (χ3n) is 7.88. The van der Waals surface area contributed by atoms with Gasteiger partial charge in [-0.3, -0.25) is 0 Å². The number of thiophene rings is 3. The first-order chi connectivity index (χ1) is 19.6. The van der Waals surface area contributed by atoms with Crippen molar-refractivity contribution in [2.24, 2.45) is 0 Å². The molecule has 0 aliphatic rings. The number of hydrogen-bond acceptors (Lipinski definition) is 4. The quantitative estimate of drug-likeness (QED) is 0.0903. The van der Waals surface area contributed by atoms with Crippen molar-refractivity contribution in [2.75, 3.05) is 5.73 Å². The first-order valence-corrected chi connectivity index (χ1v) is 18.3. The molecule has 0 bridgehead atoms. The molecule has 0 fully saturated rings. The van der Waals surface area contributed by atoms with Crippen molar-refractivity contribution in [3.63, 3.8) is 0 Å². The Hall–Kier alpha value is -1.88. The molecule has 40 heavy (non-hydrogen) atoms. The Morgan fingerprint density at radius 3 is 1.60 bits per heavy atom. The van der Waals surface area contributed by atoms with Gasteiger partial charge in [-0.15, -0.1) is 34.0 Å². The number of anilines is 1. The molecular formula is C36H49NS3. The molecule has 0 spiro atoms. The Labute approximate surface area is 255 Å². The maximum atomic E-state index is 6.05. The molecule has 0 unspecified atom stereocenters. The Morgan fingerprint density at radius 2 is 1.02 bits per heavy atom. The molecule has 3 aromatic heterocycles. The molecule has 4 heteroatoms. The Morgan fingerprint density at radius 1 is 0.525 bits per heavy atom. The lowest BCUT2D eigenvalue weighted by Gasteiger charge is -2.04. The molecule has 1 nitrogen and oxygen atoms in total. The van der Waals surface area contributed by atoms with Crippen LogP contribution in [0.15, 0.2) is 47.8 Å². The predicted molar refractivity (Wildman–Crippen MR) is 184 cm³/mol. The van der Waals surface area contributed by atoms with E-state index in [1.165, 1.54) is 125 Å². The van der Waals surface area contributed by atoms with Crippen LogP contribution < -0.4 is 5.73 Å². The van der Waals surface area contributed by atoms with E-state index in [9.17, 15) is 0 Å². The summed E-state index contributed by atoms with van der Waals surface area (Å²) in [4.78, 5) is 7.40. The van der Waals surface area contributed by atoms with Crippen molar-refractivity contribution in [1.82, 2.24) is 0 Å². The van der Waals surface area contributed by atoms with Crippen LogP contribution in [0.3, 0.4) is 0 Å². The van der Waals surface area contributed by atoms with E-state index in [1.807, 2.05) is 34.0 Å². The monoisotopic (exact) mass is 591 g/mol. The van der Waals surface area contributed by atoms with E-state index < -0.39 is 0 Å².